The zero-order valence-electron chi connectivity index (χ0n) is 12.2. The van der Waals surface area contributed by atoms with Crippen molar-refractivity contribution in [1.82, 2.24) is 10.3 Å². The SMILES string of the molecule is CNC(C)c1ccc(N(C)CC2CCOCC2)nc1. The van der Waals surface area contributed by atoms with Gasteiger partial charge in [0.15, 0.2) is 0 Å². The number of pyridine rings is 1. The molecule has 1 aliphatic rings. The lowest BCUT2D eigenvalue weighted by Crippen LogP contribution is -2.30. The Morgan fingerprint density at radius 3 is 2.74 bits per heavy atom. The molecular formula is C15H25N3O. The Kier molecular flexibility index (Phi) is 5.16. The molecule has 0 spiro atoms. The van der Waals surface area contributed by atoms with Gasteiger partial charge in [0.2, 0.25) is 0 Å². The number of hydrogen-bond acceptors (Lipinski definition) is 4. The van der Waals surface area contributed by atoms with Crippen molar-refractivity contribution in [3.05, 3.63) is 23.9 Å². The van der Waals surface area contributed by atoms with Gasteiger partial charge in [-0.05, 0) is 44.4 Å². The molecule has 1 aromatic heterocycles. The van der Waals surface area contributed by atoms with Crippen LogP contribution in [0, 0.1) is 5.92 Å². The molecule has 0 saturated carbocycles. The average molecular weight is 263 g/mol. The van der Waals surface area contributed by atoms with E-state index in [4.69, 9.17) is 4.74 Å². The molecule has 1 fully saturated rings. The van der Waals surface area contributed by atoms with Crippen LogP contribution in [0.15, 0.2) is 18.3 Å². The van der Waals surface area contributed by atoms with Gasteiger partial charge >= 0.3 is 0 Å². The normalized spacial score (nSPS) is 18.3. The van der Waals surface area contributed by atoms with Gasteiger partial charge < -0.3 is 15.0 Å². The molecule has 19 heavy (non-hydrogen) atoms. The van der Waals surface area contributed by atoms with Gasteiger partial charge in [-0.15, -0.1) is 0 Å². The van der Waals surface area contributed by atoms with E-state index in [0.29, 0.717) is 6.04 Å². The van der Waals surface area contributed by atoms with Gasteiger partial charge in [0.25, 0.3) is 0 Å². The first kappa shape index (κ1) is 14.3. The molecule has 2 rings (SSSR count). The number of nitrogens with zero attached hydrogens (tertiary/aromatic N) is 2. The number of nitrogens with one attached hydrogen (secondary N) is 1. The van der Waals surface area contributed by atoms with Crippen LogP contribution in [-0.4, -0.2) is 38.8 Å². The highest BCUT2D eigenvalue weighted by molar-refractivity contribution is 5.38. The highest BCUT2D eigenvalue weighted by Gasteiger charge is 2.16. The van der Waals surface area contributed by atoms with Gasteiger partial charge in [-0.1, -0.05) is 6.07 Å². The third-order valence-electron chi connectivity index (χ3n) is 3.97. The van der Waals surface area contributed by atoms with Crippen LogP contribution in [0.4, 0.5) is 5.82 Å². The lowest BCUT2D eigenvalue weighted by molar-refractivity contribution is 0.0685. The van der Waals surface area contributed by atoms with E-state index in [0.717, 1.165) is 31.5 Å². The minimum atomic E-state index is 0.349. The van der Waals surface area contributed by atoms with Crippen molar-refractivity contribution in [3.8, 4) is 0 Å². The Labute approximate surface area is 116 Å². The number of aromatic nitrogens is 1. The van der Waals surface area contributed by atoms with Crippen molar-refractivity contribution in [2.24, 2.45) is 5.92 Å². The molecule has 2 heterocycles. The molecule has 4 nitrogen and oxygen atoms in total. The summed E-state index contributed by atoms with van der Waals surface area (Å²) in [6.45, 7) is 5.02. The molecule has 1 saturated heterocycles. The lowest BCUT2D eigenvalue weighted by Gasteiger charge is -2.28. The molecule has 1 aliphatic heterocycles. The number of anilines is 1. The second-order valence-corrected chi connectivity index (χ2v) is 5.40. The zero-order valence-corrected chi connectivity index (χ0v) is 12.2. The van der Waals surface area contributed by atoms with Gasteiger partial charge in [-0.2, -0.15) is 0 Å². The second-order valence-electron chi connectivity index (χ2n) is 5.40. The van der Waals surface area contributed by atoms with E-state index in [9.17, 15) is 0 Å². The summed E-state index contributed by atoms with van der Waals surface area (Å²) in [5.74, 6) is 1.79. The van der Waals surface area contributed by atoms with Crippen molar-refractivity contribution in [2.45, 2.75) is 25.8 Å². The minimum Gasteiger partial charge on any atom is -0.381 e. The third-order valence-corrected chi connectivity index (χ3v) is 3.97. The first-order valence-electron chi connectivity index (χ1n) is 7.13. The highest BCUT2D eigenvalue weighted by Crippen LogP contribution is 2.19. The van der Waals surface area contributed by atoms with Crippen molar-refractivity contribution >= 4 is 5.82 Å². The van der Waals surface area contributed by atoms with E-state index < -0.39 is 0 Å². The van der Waals surface area contributed by atoms with Crippen LogP contribution in [0.5, 0.6) is 0 Å². The lowest BCUT2D eigenvalue weighted by atomic mass is 10.00. The molecular weight excluding hydrogens is 238 g/mol. The summed E-state index contributed by atoms with van der Waals surface area (Å²) in [4.78, 5) is 6.82. The van der Waals surface area contributed by atoms with Gasteiger partial charge in [0, 0.05) is 39.0 Å². The third kappa shape index (κ3) is 3.91. The monoisotopic (exact) mass is 263 g/mol. The van der Waals surface area contributed by atoms with Crippen LogP contribution < -0.4 is 10.2 Å². The fourth-order valence-corrected chi connectivity index (χ4v) is 2.46. The summed E-state index contributed by atoms with van der Waals surface area (Å²) < 4.78 is 5.40. The maximum atomic E-state index is 5.40. The van der Waals surface area contributed by atoms with Crippen LogP contribution in [0.3, 0.4) is 0 Å². The molecule has 0 radical (unpaired) electrons. The highest BCUT2D eigenvalue weighted by atomic mass is 16.5. The van der Waals surface area contributed by atoms with E-state index in [1.165, 1.54) is 18.4 Å². The summed E-state index contributed by atoms with van der Waals surface area (Å²) in [6, 6.07) is 4.62. The first-order valence-corrected chi connectivity index (χ1v) is 7.13. The minimum absolute atomic E-state index is 0.349. The largest absolute Gasteiger partial charge is 0.381 e. The van der Waals surface area contributed by atoms with E-state index in [2.05, 4.69) is 41.3 Å². The number of hydrogen-bond donors (Lipinski definition) is 1. The summed E-state index contributed by atoms with van der Waals surface area (Å²) in [5, 5.41) is 3.23. The van der Waals surface area contributed by atoms with Gasteiger partial charge in [-0.3, -0.25) is 0 Å². The quantitative estimate of drug-likeness (QED) is 0.884. The summed E-state index contributed by atoms with van der Waals surface area (Å²) in [7, 11) is 4.09. The molecule has 0 aliphatic carbocycles. The topological polar surface area (TPSA) is 37.4 Å². The molecule has 4 heteroatoms. The molecule has 1 aromatic rings. The van der Waals surface area contributed by atoms with Crippen LogP contribution in [-0.2, 0) is 4.74 Å². The maximum Gasteiger partial charge on any atom is 0.128 e. The molecule has 1 atom stereocenters. The van der Waals surface area contributed by atoms with Crippen LogP contribution >= 0.6 is 0 Å². The van der Waals surface area contributed by atoms with Crippen molar-refractivity contribution in [1.29, 1.82) is 0 Å². The smallest absolute Gasteiger partial charge is 0.128 e. The van der Waals surface area contributed by atoms with Gasteiger partial charge in [-0.25, -0.2) is 4.98 Å². The Balaban J connectivity index is 1.93. The Morgan fingerprint density at radius 2 is 2.16 bits per heavy atom. The molecule has 1 N–H and O–H groups in total. The molecule has 0 amide bonds. The van der Waals surface area contributed by atoms with E-state index in [-0.39, 0.29) is 0 Å². The zero-order chi connectivity index (χ0) is 13.7. The van der Waals surface area contributed by atoms with Crippen molar-refractivity contribution in [2.75, 3.05) is 38.8 Å². The standard InChI is InChI=1S/C15H25N3O/c1-12(16-2)14-4-5-15(17-10-14)18(3)11-13-6-8-19-9-7-13/h4-5,10,12-13,16H,6-9,11H2,1-3H3. The van der Waals surface area contributed by atoms with E-state index in [1.807, 2.05) is 13.2 Å². The molecule has 1 unspecified atom stereocenters. The predicted molar refractivity (Wildman–Crippen MR) is 78.5 cm³/mol. The van der Waals surface area contributed by atoms with Crippen LogP contribution in [0.1, 0.15) is 31.4 Å². The fraction of sp³-hybridized carbons (Fsp3) is 0.667. The van der Waals surface area contributed by atoms with E-state index in [1.54, 1.807) is 0 Å². The molecule has 106 valence electrons. The predicted octanol–water partition coefficient (Wildman–Crippen LogP) is 2.22. The van der Waals surface area contributed by atoms with Crippen LogP contribution in [0.25, 0.3) is 0 Å². The molecule has 0 aromatic carbocycles. The van der Waals surface area contributed by atoms with E-state index >= 15 is 0 Å². The Hall–Kier alpha value is -1.13. The first-order chi connectivity index (χ1) is 9.20. The average Bonchev–Trinajstić information content (AvgIpc) is 2.47. The van der Waals surface area contributed by atoms with Crippen LogP contribution in [0.2, 0.25) is 0 Å². The summed E-state index contributed by atoms with van der Waals surface area (Å²) >= 11 is 0. The fourth-order valence-electron chi connectivity index (χ4n) is 2.46. The number of rotatable bonds is 5. The Bertz CT molecular complexity index is 373. The summed E-state index contributed by atoms with van der Waals surface area (Å²) in [6.07, 6.45) is 4.30. The maximum absolute atomic E-state index is 5.40. The summed E-state index contributed by atoms with van der Waals surface area (Å²) in [5.41, 5.74) is 1.23. The molecule has 0 bridgehead atoms. The van der Waals surface area contributed by atoms with Crippen molar-refractivity contribution in [3.63, 3.8) is 0 Å². The van der Waals surface area contributed by atoms with Gasteiger partial charge in [0.1, 0.15) is 5.82 Å². The number of ether oxygens (including phenoxy) is 1. The second kappa shape index (κ2) is 6.87. The Morgan fingerprint density at radius 1 is 1.42 bits per heavy atom. The van der Waals surface area contributed by atoms with Gasteiger partial charge in [0.05, 0.1) is 0 Å². The van der Waals surface area contributed by atoms with Crippen molar-refractivity contribution < 1.29 is 4.74 Å².